The molecule has 0 aliphatic rings. The molecule has 1 N–H and O–H groups in total. The molecule has 0 saturated carbocycles. The van der Waals surface area contributed by atoms with Gasteiger partial charge in [0.25, 0.3) is 0 Å². The largest absolute Gasteiger partial charge is 0.350 e. The first-order chi connectivity index (χ1) is 8.61. The zero-order valence-corrected chi connectivity index (χ0v) is 14.0. The van der Waals surface area contributed by atoms with Gasteiger partial charge >= 0.3 is 0 Å². The lowest BCUT2D eigenvalue weighted by Crippen LogP contribution is -2.46. The van der Waals surface area contributed by atoms with Gasteiger partial charge in [0.2, 0.25) is 5.91 Å². The molecular formula is C16H24BrNO. The molecule has 1 unspecified atom stereocenters. The Labute approximate surface area is 125 Å². The Morgan fingerprint density at radius 3 is 2.16 bits per heavy atom. The van der Waals surface area contributed by atoms with Crippen LogP contribution in [0.25, 0.3) is 0 Å². The molecule has 0 aliphatic carbocycles. The van der Waals surface area contributed by atoms with Crippen LogP contribution in [0, 0.1) is 5.41 Å². The van der Waals surface area contributed by atoms with Crippen LogP contribution in [0.5, 0.6) is 0 Å². The average molecular weight is 326 g/mol. The fourth-order valence-corrected chi connectivity index (χ4v) is 2.96. The first kappa shape index (κ1) is 16.2. The highest BCUT2D eigenvalue weighted by atomic mass is 79.9. The third-order valence-electron chi connectivity index (χ3n) is 2.76. The van der Waals surface area contributed by atoms with E-state index in [0.717, 1.165) is 12.0 Å². The summed E-state index contributed by atoms with van der Waals surface area (Å²) in [5.41, 5.74) is 0.952. The van der Waals surface area contributed by atoms with Crippen molar-refractivity contribution in [1.29, 1.82) is 0 Å². The summed E-state index contributed by atoms with van der Waals surface area (Å²) in [4.78, 5) is 12.0. The van der Waals surface area contributed by atoms with E-state index < -0.39 is 0 Å². The maximum absolute atomic E-state index is 12.3. The van der Waals surface area contributed by atoms with Gasteiger partial charge in [0, 0.05) is 5.54 Å². The number of carbonyl (C=O) groups excluding carboxylic acids is 1. The van der Waals surface area contributed by atoms with Gasteiger partial charge in [-0.25, -0.2) is 0 Å². The normalized spacial score (nSPS) is 14.0. The average Bonchev–Trinajstić information content (AvgIpc) is 2.25. The Hall–Kier alpha value is -0.830. The lowest BCUT2D eigenvalue weighted by atomic mass is 9.81. The number of hydrogen-bond acceptors (Lipinski definition) is 1. The first-order valence-corrected chi connectivity index (χ1v) is 7.53. The maximum atomic E-state index is 12.3. The van der Waals surface area contributed by atoms with Crippen molar-refractivity contribution >= 4 is 21.8 Å². The van der Waals surface area contributed by atoms with Crippen LogP contribution in [-0.4, -0.2) is 11.4 Å². The molecule has 106 valence electrons. The second-order valence-electron chi connectivity index (χ2n) is 6.88. The number of benzene rings is 1. The topological polar surface area (TPSA) is 29.1 Å². The summed E-state index contributed by atoms with van der Waals surface area (Å²) < 4.78 is 0. The van der Waals surface area contributed by atoms with Crippen LogP contribution in [0.4, 0.5) is 0 Å². The Bertz CT molecular complexity index is 420. The minimum atomic E-state index is -0.298. The second kappa shape index (κ2) is 6.08. The van der Waals surface area contributed by atoms with Crippen LogP contribution in [0.15, 0.2) is 30.3 Å². The van der Waals surface area contributed by atoms with E-state index in [4.69, 9.17) is 0 Å². The van der Waals surface area contributed by atoms with Crippen molar-refractivity contribution in [2.24, 2.45) is 5.41 Å². The van der Waals surface area contributed by atoms with Crippen LogP contribution in [-0.2, 0) is 4.79 Å². The predicted octanol–water partition coefficient (Wildman–Crippen LogP) is 4.45. The fourth-order valence-electron chi connectivity index (χ4n) is 2.54. The molecule has 1 atom stereocenters. The van der Waals surface area contributed by atoms with E-state index in [1.807, 2.05) is 30.3 Å². The molecule has 0 bridgehead atoms. The van der Waals surface area contributed by atoms with E-state index in [1.165, 1.54) is 0 Å². The highest BCUT2D eigenvalue weighted by molar-refractivity contribution is 9.09. The van der Waals surface area contributed by atoms with Crippen molar-refractivity contribution in [3.05, 3.63) is 35.9 Å². The van der Waals surface area contributed by atoms with Gasteiger partial charge in [-0.15, -0.1) is 0 Å². The number of nitrogens with one attached hydrogen (secondary N) is 1. The minimum absolute atomic E-state index is 0.0143. The molecule has 0 heterocycles. The fraction of sp³-hybridized carbons (Fsp3) is 0.562. The molecule has 1 amide bonds. The van der Waals surface area contributed by atoms with Crippen molar-refractivity contribution < 1.29 is 4.79 Å². The van der Waals surface area contributed by atoms with Crippen LogP contribution in [0.1, 0.15) is 51.4 Å². The summed E-state index contributed by atoms with van der Waals surface area (Å²) in [7, 11) is 0. The third-order valence-corrected chi connectivity index (χ3v) is 3.70. The van der Waals surface area contributed by atoms with Crippen molar-refractivity contribution in [2.75, 3.05) is 0 Å². The van der Waals surface area contributed by atoms with Crippen LogP contribution in [0.3, 0.4) is 0 Å². The SMILES string of the molecule is CC(C)(C)CC(C)(C)NC(=O)C(Br)c1ccccc1. The molecular weight excluding hydrogens is 302 g/mol. The highest BCUT2D eigenvalue weighted by Crippen LogP contribution is 2.29. The zero-order valence-electron chi connectivity index (χ0n) is 12.5. The monoisotopic (exact) mass is 325 g/mol. The van der Waals surface area contributed by atoms with Gasteiger partial charge in [-0.2, -0.15) is 0 Å². The number of amides is 1. The number of halogens is 1. The number of carbonyl (C=O) groups is 1. The smallest absolute Gasteiger partial charge is 0.238 e. The molecule has 1 aromatic rings. The maximum Gasteiger partial charge on any atom is 0.238 e. The lowest BCUT2D eigenvalue weighted by Gasteiger charge is -2.34. The van der Waals surface area contributed by atoms with Crippen molar-refractivity contribution in [3.63, 3.8) is 0 Å². The Balaban J connectivity index is 2.69. The Kier molecular flexibility index (Phi) is 5.19. The quantitative estimate of drug-likeness (QED) is 0.814. The van der Waals surface area contributed by atoms with Gasteiger partial charge < -0.3 is 5.32 Å². The van der Waals surface area contributed by atoms with Gasteiger partial charge in [0.1, 0.15) is 4.83 Å². The molecule has 0 fully saturated rings. The first-order valence-electron chi connectivity index (χ1n) is 6.62. The summed E-state index contributed by atoms with van der Waals surface area (Å²) in [6, 6.07) is 9.74. The van der Waals surface area contributed by atoms with Gasteiger partial charge in [-0.1, -0.05) is 67.0 Å². The second-order valence-corrected chi connectivity index (χ2v) is 7.80. The van der Waals surface area contributed by atoms with Crippen LogP contribution in [0.2, 0.25) is 0 Å². The number of alkyl halides is 1. The van der Waals surface area contributed by atoms with Crippen molar-refractivity contribution in [2.45, 2.75) is 51.4 Å². The Morgan fingerprint density at radius 1 is 1.16 bits per heavy atom. The van der Waals surface area contributed by atoms with E-state index in [0.29, 0.717) is 0 Å². The van der Waals surface area contributed by atoms with Gasteiger partial charge in [0.05, 0.1) is 0 Å². The van der Waals surface area contributed by atoms with Gasteiger partial charge in [-0.3, -0.25) is 4.79 Å². The highest BCUT2D eigenvalue weighted by Gasteiger charge is 2.29. The molecule has 19 heavy (non-hydrogen) atoms. The molecule has 0 aromatic heterocycles. The van der Waals surface area contributed by atoms with E-state index in [2.05, 4.69) is 55.9 Å². The minimum Gasteiger partial charge on any atom is -0.350 e. The summed E-state index contributed by atoms with van der Waals surface area (Å²) in [5.74, 6) is 0.0143. The van der Waals surface area contributed by atoms with Crippen LogP contribution < -0.4 is 5.32 Å². The summed E-state index contributed by atoms with van der Waals surface area (Å²) in [6.45, 7) is 10.7. The predicted molar refractivity (Wildman–Crippen MR) is 84.4 cm³/mol. The number of hydrogen-bond donors (Lipinski definition) is 1. The van der Waals surface area contributed by atoms with E-state index in [-0.39, 0.29) is 21.7 Å². The van der Waals surface area contributed by atoms with Gasteiger partial charge in [0.15, 0.2) is 0 Å². The number of rotatable bonds is 4. The van der Waals surface area contributed by atoms with Crippen molar-refractivity contribution in [3.8, 4) is 0 Å². The molecule has 0 spiro atoms. The van der Waals surface area contributed by atoms with E-state index in [9.17, 15) is 4.79 Å². The van der Waals surface area contributed by atoms with Crippen molar-refractivity contribution in [1.82, 2.24) is 5.32 Å². The van der Waals surface area contributed by atoms with E-state index in [1.54, 1.807) is 0 Å². The van der Waals surface area contributed by atoms with E-state index >= 15 is 0 Å². The molecule has 3 heteroatoms. The van der Waals surface area contributed by atoms with Crippen LogP contribution >= 0.6 is 15.9 Å². The molecule has 0 saturated heterocycles. The summed E-state index contributed by atoms with van der Waals surface area (Å²) >= 11 is 3.47. The molecule has 1 rings (SSSR count). The standard InChI is InChI=1S/C16H24BrNO/c1-15(2,3)11-16(4,5)18-14(19)13(17)12-9-7-6-8-10-12/h6-10,13H,11H2,1-5H3,(H,18,19). The zero-order chi connectivity index (χ0) is 14.7. The summed E-state index contributed by atoms with van der Waals surface area (Å²) in [6.07, 6.45) is 0.931. The van der Waals surface area contributed by atoms with Gasteiger partial charge in [-0.05, 0) is 31.2 Å². The Morgan fingerprint density at radius 2 is 1.68 bits per heavy atom. The third kappa shape index (κ3) is 5.77. The lowest BCUT2D eigenvalue weighted by molar-refractivity contribution is -0.122. The molecule has 2 nitrogen and oxygen atoms in total. The summed E-state index contributed by atoms with van der Waals surface area (Å²) in [5, 5.41) is 3.13. The molecule has 0 radical (unpaired) electrons. The molecule has 1 aromatic carbocycles. The molecule has 0 aliphatic heterocycles.